The predicted molar refractivity (Wildman–Crippen MR) is 71.2 cm³/mol. The number of fused-ring (bicyclic) bond motifs is 1. The molecule has 0 aliphatic carbocycles. The summed E-state index contributed by atoms with van der Waals surface area (Å²) in [4.78, 5) is 1.76. The van der Waals surface area contributed by atoms with Gasteiger partial charge in [-0.15, -0.1) is 4.40 Å². The maximum Gasteiger partial charge on any atom is 0.387 e. The van der Waals surface area contributed by atoms with E-state index in [9.17, 15) is 17.2 Å². The molecule has 1 aromatic carbocycles. The van der Waals surface area contributed by atoms with E-state index in [4.69, 9.17) is 0 Å². The van der Waals surface area contributed by atoms with Gasteiger partial charge in [-0.05, 0) is 12.5 Å². The summed E-state index contributed by atoms with van der Waals surface area (Å²) >= 11 is 0. The summed E-state index contributed by atoms with van der Waals surface area (Å²) < 4.78 is 59.1. The molecule has 2 aliphatic heterocycles. The highest BCUT2D eigenvalue weighted by Crippen LogP contribution is 2.34. The molecular weight excluding hydrogens is 304 g/mol. The van der Waals surface area contributed by atoms with Crippen LogP contribution in [-0.2, 0) is 10.2 Å². The third-order valence-corrected chi connectivity index (χ3v) is 4.33. The molecule has 0 bridgehead atoms. The van der Waals surface area contributed by atoms with E-state index in [2.05, 4.69) is 13.9 Å². The van der Waals surface area contributed by atoms with Crippen LogP contribution in [0.3, 0.4) is 0 Å². The highest BCUT2D eigenvalue weighted by molar-refractivity contribution is 7.88. The molecule has 0 aromatic heterocycles. The van der Waals surface area contributed by atoms with Crippen LogP contribution in [0.5, 0.6) is 5.75 Å². The number of hydrogen-bond acceptors (Lipinski definition) is 4. The van der Waals surface area contributed by atoms with Gasteiger partial charge in [0.2, 0.25) is 0 Å². The average Bonchev–Trinajstić information content (AvgIpc) is 2.84. The van der Waals surface area contributed by atoms with Crippen molar-refractivity contribution >= 4 is 16.0 Å². The van der Waals surface area contributed by atoms with Crippen molar-refractivity contribution in [3.8, 4) is 5.75 Å². The first-order valence-corrected chi connectivity index (χ1v) is 7.82. The molecule has 1 N–H and O–H groups in total. The van der Waals surface area contributed by atoms with Crippen LogP contribution in [0.4, 0.5) is 8.78 Å². The highest BCUT2D eigenvalue weighted by atomic mass is 32.2. The fourth-order valence-electron chi connectivity index (χ4n) is 2.57. The average molecular weight is 317 g/mol. The van der Waals surface area contributed by atoms with E-state index in [-0.39, 0.29) is 5.75 Å². The second-order valence-corrected chi connectivity index (χ2v) is 6.08. The van der Waals surface area contributed by atoms with E-state index in [1.807, 2.05) is 0 Å². The quantitative estimate of drug-likeness (QED) is 0.920. The van der Waals surface area contributed by atoms with Crippen molar-refractivity contribution in [1.29, 1.82) is 0 Å². The zero-order valence-corrected chi connectivity index (χ0v) is 11.7. The van der Waals surface area contributed by atoms with Crippen LogP contribution in [0.2, 0.25) is 0 Å². The molecule has 9 heteroatoms. The van der Waals surface area contributed by atoms with Gasteiger partial charge < -0.3 is 9.64 Å². The number of alkyl halides is 2. The van der Waals surface area contributed by atoms with Crippen molar-refractivity contribution in [3.63, 3.8) is 0 Å². The molecule has 0 amide bonds. The first-order chi connectivity index (χ1) is 9.96. The number of rotatable bonds is 3. The third-order valence-electron chi connectivity index (χ3n) is 3.36. The van der Waals surface area contributed by atoms with Gasteiger partial charge in [0.05, 0.1) is 0 Å². The molecule has 0 saturated carbocycles. The summed E-state index contributed by atoms with van der Waals surface area (Å²) in [6.45, 7) is -2.37. The molecule has 1 atom stereocenters. The number of benzene rings is 1. The molecule has 1 fully saturated rings. The Bertz CT molecular complexity index is 678. The van der Waals surface area contributed by atoms with Gasteiger partial charge in [0, 0.05) is 18.5 Å². The minimum Gasteiger partial charge on any atom is -0.434 e. The van der Waals surface area contributed by atoms with Crippen LogP contribution < -0.4 is 9.46 Å². The number of halogens is 2. The Hall–Kier alpha value is -1.74. The van der Waals surface area contributed by atoms with Crippen molar-refractivity contribution in [2.24, 2.45) is 4.40 Å². The molecule has 1 saturated heterocycles. The van der Waals surface area contributed by atoms with Crippen molar-refractivity contribution in [3.05, 3.63) is 29.8 Å². The lowest BCUT2D eigenvalue weighted by Crippen LogP contribution is -2.46. The Morgan fingerprint density at radius 2 is 2.14 bits per heavy atom. The number of nitrogens with zero attached hydrogens (tertiary/aromatic N) is 2. The molecule has 2 aliphatic rings. The van der Waals surface area contributed by atoms with E-state index in [0.717, 1.165) is 6.42 Å². The number of para-hydroxylation sites is 1. The van der Waals surface area contributed by atoms with Crippen LogP contribution in [0.25, 0.3) is 0 Å². The van der Waals surface area contributed by atoms with Gasteiger partial charge in [0.1, 0.15) is 17.8 Å². The largest absolute Gasteiger partial charge is 0.434 e. The van der Waals surface area contributed by atoms with E-state index < -0.39 is 23.0 Å². The number of nitrogens with one attached hydrogen (secondary N) is 1. The zero-order chi connectivity index (χ0) is 15.0. The molecule has 0 spiro atoms. The van der Waals surface area contributed by atoms with Crippen LogP contribution in [0, 0.1) is 0 Å². The van der Waals surface area contributed by atoms with Crippen LogP contribution in [-0.4, -0.2) is 32.3 Å². The minimum atomic E-state index is -3.83. The fourth-order valence-corrected chi connectivity index (χ4v) is 3.63. The topological polar surface area (TPSA) is 71.0 Å². The molecule has 6 nitrogen and oxygen atoms in total. The van der Waals surface area contributed by atoms with E-state index in [1.54, 1.807) is 23.1 Å². The lowest BCUT2D eigenvalue weighted by atomic mass is 10.1. The molecule has 2 heterocycles. The number of hydrogen-bond donors (Lipinski definition) is 1. The van der Waals surface area contributed by atoms with Gasteiger partial charge in [-0.1, -0.05) is 18.2 Å². The summed E-state index contributed by atoms with van der Waals surface area (Å²) in [5.41, 5.74) is 0.343. The van der Waals surface area contributed by atoms with Gasteiger partial charge in [0.25, 0.3) is 0 Å². The summed E-state index contributed by atoms with van der Waals surface area (Å²) in [6.07, 6.45) is 0.541. The Morgan fingerprint density at radius 3 is 2.90 bits per heavy atom. The van der Waals surface area contributed by atoms with Gasteiger partial charge in [-0.3, -0.25) is 0 Å². The number of ether oxygens (including phenoxy) is 1. The van der Waals surface area contributed by atoms with E-state index in [1.165, 1.54) is 6.07 Å². The van der Waals surface area contributed by atoms with Crippen molar-refractivity contribution in [1.82, 2.24) is 9.62 Å². The molecule has 1 unspecified atom stereocenters. The Labute approximate surface area is 120 Å². The molecule has 1 aromatic rings. The second-order valence-electron chi connectivity index (χ2n) is 4.72. The fraction of sp³-hybridized carbons (Fsp3) is 0.417. The second kappa shape index (κ2) is 5.23. The smallest absolute Gasteiger partial charge is 0.387 e. The SMILES string of the molecule is O=S1(=O)N=C2CCCN2C(c2ccccc2OC(F)F)N1. The standard InChI is InChI=1S/C12H13F2N3O3S/c13-12(14)20-9-5-2-1-4-8(9)11-16-21(18,19)15-10-6-3-7-17(10)11/h1-2,4-5,11-12,16H,3,6-7H2. The van der Waals surface area contributed by atoms with Crippen molar-refractivity contribution in [2.75, 3.05) is 6.54 Å². The molecule has 0 radical (unpaired) electrons. The summed E-state index contributed by atoms with van der Waals surface area (Å²) in [6, 6.07) is 6.14. The summed E-state index contributed by atoms with van der Waals surface area (Å²) in [5, 5.41) is 0. The first kappa shape index (κ1) is 14.2. The Balaban J connectivity index is 2.02. The van der Waals surface area contributed by atoms with Gasteiger partial charge in [-0.25, -0.2) is 0 Å². The molecule has 114 valence electrons. The maximum atomic E-state index is 12.5. The van der Waals surface area contributed by atoms with Gasteiger partial charge in [-0.2, -0.15) is 21.9 Å². The van der Waals surface area contributed by atoms with E-state index in [0.29, 0.717) is 24.4 Å². The predicted octanol–water partition coefficient (Wildman–Crippen LogP) is 1.63. The molecular formula is C12H13F2N3O3S. The summed E-state index contributed by atoms with van der Waals surface area (Å²) in [7, 11) is -3.83. The van der Waals surface area contributed by atoms with Crippen LogP contribution in [0.1, 0.15) is 24.6 Å². The van der Waals surface area contributed by atoms with Gasteiger partial charge >= 0.3 is 16.8 Å². The monoisotopic (exact) mass is 317 g/mol. The first-order valence-electron chi connectivity index (χ1n) is 6.38. The normalized spacial score (nSPS) is 23.9. The van der Waals surface area contributed by atoms with Gasteiger partial charge in [0.15, 0.2) is 0 Å². The highest BCUT2D eigenvalue weighted by Gasteiger charge is 2.37. The summed E-state index contributed by atoms with van der Waals surface area (Å²) in [5.74, 6) is 0.402. The van der Waals surface area contributed by atoms with Crippen LogP contribution >= 0.6 is 0 Å². The van der Waals surface area contributed by atoms with Crippen molar-refractivity contribution < 1.29 is 21.9 Å². The third kappa shape index (κ3) is 2.84. The van der Waals surface area contributed by atoms with E-state index >= 15 is 0 Å². The van der Waals surface area contributed by atoms with Crippen molar-refractivity contribution in [2.45, 2.75) is 25.6 Å². The Kier molecular flexibility index (Phi) is 3.54. The maximum absolute atomic E-state index is 12.5. The Morgan fingerprint density at radius 1 is 1.38 bits per heavy atom. The van der Waals surface area contributed by atoms with Crippen LogP contribution in [0.15, 0.2) is 28.7 Å². The lowest BCUT2D eigenvalue weighted by molar-refractivity contribution is -0.0510. The molecule has 3 rings (SSSR count). The number of amidine groups is 1. The zero-order valence-electron chi connectivity index (χ0n) is 10.9. The lowest BCUT2D eigenvalue weighted by Gasteiger charge is -2.33. The minimum absolute atomic E-state index is 0.0478. The molecule has 21 heavy (non-hydrogen) atoms.